The number of amides is 1. The molecule has 1 amide bonds. The molecule has 0 bridgehead atoms. The van der Waals surface area contributed by atoms with Gasteiger partial charge in [0.1, 0.15) is 5.75 Å². The highest BCUT2D eigenvalue weighted by molar-refractivity contribution is 5.91. The second-order valence-electron chi connectivity index (χ2n) is 5.60. The first kappa shape index (κ1) is 12.9. The molecule has 104 valence electrons. The number of likely N-dealkylation sites (tertiary alicyclic amines) is 1. The Morgan fingerprint density at radius 1 is 1.40 bits per heavy atom. The molecule has 0 saturated carbocycles. The topological polar surface area (TPSA) is 57.6 Å². The number of phenolic OH excluding ortho intramolecular Hbond substituents is 1. The average molecular weight is 271 g/mol. The molecule has 1 heterocycles. The van der Waals surface area contributed by atoms with Crippen molar-refractivity contribution in [2.45, 2.75) is 25.8 Å². The fourth-order valence-corrected chi connectivity index (χ4v) is 3.27. The van der Waals surface area contributed by atoms with E-state index in [9.17, 15) is 14.7 Å². The lowest BCUT2D eigenvalue weighted by Gasteiger charge is -2.26. The van der Waals surface area contributed by atoms with Crippen molar-refractivity contribution in [3.8, 4) is 5.75 Å². The Labute approximate surface area is 117 Å². The van der Waals surface area contributed by atoms with Crippen LogP contribution < -0.4 is 0 Å². The monoisotopic (exact) mass is 271 g/mol. The molecule has 20 heavy (non-hydrogen) atoms. The number of aryl methyl sites for hydroxylation is 1. The van der Waals surface area contributed by atoms with E-state index in [0.717, 1.165) is 29.5 Å². The number of fused-ring (bicyclic) bond motifs is 1. The quantitative estimate of drug-likeness (QED) is 0.838. The molecule has 4 nitrogen and oxygen atoms in total. The molecular weight excluding hydrogens is 254 g/mol. The van der Waals surface area contributed by atoms with Gasteiger partial charge in [-0.15, -0.1) is 0 Å². The number of carbonyl (C=O) groups excluding carboxylic acids is 2. The predicted octanol–water partition coefficient (Wildman–Crippen LogP) is 2.12. The van der Waals surface area contributed by atoms with Crippen molar-refractivity contribution in [2.24, 2.45) is 5.92 Å². The standard InChI is InChI=1S/C16H17NO3/c1-10-2-3-11(7-15(10)20)16-14-5-4-13(19)6-12(14)8-17(16)9-18/h2-3,6-7,9,14,16,20H,4-5,8H2,1H3/t14-,16-/m1/s1. The molecule has 1 aliphatic carbocycles. The Morgan fingerprint density at radius 3 is 2.90 bits per heavy atom. The van der Waals surface area contributed by atoms with E-state index in [-0.39, 0.29) is 23.5 Å². The number of hydrogen-bond acceptors (Lipinski definition) is 3. The summed E-state index contributed by atoms with van der Waals surface area (Å²) in [5.74, 6) is 0.590. The zero-order chi connectivity index (χ0) is 14.3. The average Bonchev–Trinajstić information content (AvgIpc) is 2.79. The third-order valence-corrected chi connectivity index (χ3v) is 4.34. The van der Waals surface area contributed by atoms with Gasteiger partial charge in [-0.05, 0) is 42.2 Å². The lowest BCUT2D eigenvalue weighted by Crippen LogP contribution is -2.24. The highest BCUT2D eigenvalue weighted by Gasteiger charge is 2.40. The van der Waals surface area contributed by atoms with Gasteiger partial charge in [0.05, 0.1) is 6.04 Å². The summed E-state index contributed by atoms with van der Waals surface area (Å²) in [6.07, 6.45) is 3.84. The minimum absolute atomic E-state index is 0.0710. The zero-order valence-electron chi connectivity index (χ0n) is 11.4. The van der Waals surface area contributed by atoms with Gasteiger partial charge >= 0.3 is 0 Å². The minimum atomic E-state index is -0.0710. The van der Waals surface area contributed by atoms with Gasteiger partial charge in [0, 0.05) is 18.9 Å². The molecule has 0 unspecified atom stereocenters. The summed E-state index contributed by atoms with van der Waals surface area (Å²) < 4.78 is 0. The second kappa shape index (κ2) is 4.78. The summed E-state index contributed by atoms with van der Waals surface area (Å²) >= 11 is 0. The lowest BCUT2D eigenvalue weighted by atomic mass is 9.82. The van der Waals surface area contributed by atoms with Gasteiger partial charge in [-0.25, -0.2) is 0 Å². The first-order valence-electron chi connectivity index (χ1n) is 6.84. The van der Waals surface area contributed by atoms with Crippen molar-refractivity contribution in [1.29, 1.82) is 0 Å². The Balaban J connectivity index is 2.01. The van der Waals surface area contributed by atoms with Gasteiger partial charge in [0.2, 0.25) is 6.41 Å². The predicted molar refractivity (Wildman–Crippen MR) is 74.2 cm³/mol. The van der Waals surface area contributed by atoms with E-state index in [1.54, 1.807) is 17.0 Å². The molecule has 0 aromatic heterocycles. The van der Waals surface area contributed by atoms with Crippen LogP contribution in [0.15, 0.2) is 29.8 Å². The molecule has 1 aromatic rings. The molecule has 1 N–H and O–H groups in total. The molecular formula is C16H17NO3. The summed E-state index contributed by atoms with van der Waals surface area (Å²) in [7, 11) is 0. The fourth-order valence-electron chi connectivity index (χ4n) is 3.27. The summed E-state index contributed by atoms with van der Waals surface area (Å²) in [5, 5.41) is 9.88. The molecule has 1 fully saturated rings. The Kier molecular flexibility index (Phi) is 3.08. The number of allylic oxidation sites excluding steroid dienone is 1. The van der Waals surface area contributed by atoms with Crippen molar-refractivity contribution in [3.05, 3.63) is 41.0 Å². The Hall–Kier alpha value is -2.10. The van der Waals surface area contributed by atoms with Crippen molar-refractivity contribution in [1.82, 2.24) is 4.90 Å². The van der Waals surface area contributed by atoms with Crippen LogP contribution in [0, 0.1) is 12.8 Å². The Morgan fingerprint density at radius 2 is 2.20 bits per heavy atom. The maximum atomic E-state index is 11.5. The molecule has 0 radical (unpaired) electrons. The molecule has 2 atom stereocenters. The van der Waals surface area contributed by atoms with Crippen LogP contribution in [0.4, 0.5) is 0 Å². The number of aromatic hydroxyl groups is 1. The summed E-state index contributed by atoms with van der Waals surface area (Å²) in [6, 6.07) is 5.48. The number of benzene rings is 1. The lowest BCUT2D eigenvalue weighted by molar-refractivity contribution is -0.119. The zero-order valence-corrected chi connectivity index (χ0v) is 11.4. The smallest absolute Gasteiger partial charge is 0.210 e. The minimum Gasteiger partial charge on any atom is -0.508 e. The van der Waals surface area contributed by atoms with Crippen LogP contribution >= 0.6 is 0 Å². The van der Waals surface area contributed by atoms with Gasteiger partial charge in [-0.1, -0.05) is 12.1 Å². The van der Waals surface area contributed by atoms with Crippen LogP contribution in [0.1, 0.15) is 30.0 Å². The van der Waals surface area contributed by atoms with Gasteiger partial charge in [0.25, 0.3) is 0 Å². The number of rotatable bonds is 2. The molecule has 1 aromatic carbocycles. The molecule has 1 saturated heterocycles. The van der Waals surface area contributed by atoms with Crippen LogP contribution in [0.5, 0.6) is 5.75 Å². The van der Waals surface area contributed by atoms with E-state index in [4.69, 9.17) is 0 Å². The number of phenols is 1. The number of hydrogen-bond donors (Lipinski definition) is 1. The van der Waals surface area contributed by atoms with E-state index >= 15 is 0 Å². The van der Waals surface area contributed by atoms with Crippen molar-refractivity contribution < 1.29 is 14.7 Å². The fraction of sp³-hybridized carbons (Fsp3) is 0.375. The van der Waals surface area contributed by atoms with Crippen LogP contribution in [0.25, 0.3) is 0 Å². The number of nitrogens with zero attached hydrogens (tertiary/aromatic N) is 1. The van der Waals surface area contributed by atoms with Gasteiger partial charge in [0.15, 0.2) is 5.78 Å². The molecule has 4 heteroatoms. The van der Waals surface area contributed by atoms with Gasteiger partial charge in [-0.2, -0.15) is 0 Å². The van der Waals surface area contributed by atoms with Crippen LogP contribution in [-0.2, 0) is 9.59 Å². The molecule has 3 rings (SSSR count). The highest BCUT2D eigenvalue weighted by Crippen LogP contribution is 2.44. The van der Waals surface area contributed by atoms with Crippen molar-refractivity contribution in [2.75, 3.05) is 6.54 Å². The van der Waals surface area contributed by atoms with E-state index in [0.29, 0.717) is 13.0 Å². The molecule has 2 aliphatic rings. The first-order valence-corrected chi connectivity index (χ1v) is 6.84. The SMILES string of the molecule is Cc1ccc([C@@H]2[C@@H]3CCC(=O)C=C3CN2C=O)cc1O. The highest BCUT2D eigenvalue weighted by atomic mass is 16.3. The normalized spacial score (nSPS) is 25.4. The number of ketones is 1. The molecule has 1 aliphatic heterocycles. The third kappa shape index (κ3) is 2.01. The largest absolute Gasteiger partial charge is 0.508 e. The van der Waals surface area contributed by atoms with Crippen LogP contribution in [-0.4, -0.2) is 28.7 Å². The van der Waals surface area contributed by atoms with E-state index < -0.39 is 0 Å². The van der Waals surface area contributed by atoms with Crippen molar-refractivity contribution in [3.63, 3.8) is 0 Å². The summed E-state index contributed by atoms with van der Waals surface area (Å²) in [6.45, 7) is 2.36. The summed E-state index contributed by atoms with van der Waals surface area (Å²) in [4.78, 5) is 24.6. The maximum Gasteiger partial charge on any atom is 0.210 e. The van der Waals surface area contributed by atoms with E-state index in [2.05, 4.69) is 0 Å². The summed E-state index contributed by atoms with van der Waals surface area (Å²) in [5.41, 5.74) is 2.79. The molecule has 0 spiro atoms. The maximum absolute atomic E-state index is 11.5. The first-order chi connectivity index (χ1) is 9.60. The Bertz CT molecular complexity index is 606. The van der Waals surface area contributed by atoms with Crippen molar-refractivity contribution >= 4 is 12.2 Å². The number of carbonyl (C=O) groups is 2. The second-order valence-corrected chi connectivity index (χ2v) is 5.60. The van der Waals surface area contributed by atoms with Gasteiger partial charge < -0.3 is 10.0 Å². The van der Waals surface area contributed by atoms with Crippen LogP contribution in [0.3, 0.4) is 0 Å². The van der Waals surface area contributed by atoms with E-state index in [1.165, 1.54) is 0 Å². The van der Waals surface area contributed by atoms with E-state index in [1.807, 2.05) is 19.1 Å². The third-order valence-electron chi connectivity index (χ3n) is 4.34. The van der Waals surface area contributed by atoms with Crippen LogP contribution in [0.2, 0.25) is 0 Å². The van der Waals surface area contributed by atoms with Gasteiger partial charge in [-0.3, -0.25) is 9.59 Å².